The van der Waals surface area contributed by atoms with Gasteiger partial charge in [0.15, 0.2) is 6.10 Å². The molecule has 1 N–H and O–H groups in total. The Kier molecular flexibility index (Phi) is 65.7. The smallest absolute Gasteiger partial charge is 0.306 e. The standard InChI is InChI=1S/C70H136O5/c1-3-5-7-9-11-13-15-17-19-21-23-25-27-29-31-32-33-34-35-36-37-38-39-41-43-45-47-49-51-53-55-57-59-61-63-65-70(73)75-68(66-71)67-74-69(72)64-62-60-58-56-54-52-50-48-46-44-42-40-30-28-26-24-22-20-18-16-14-12-10-8-6-4-2/h21,23,68,71H,3-20,22,24-67H2,1-2H3/b23-21-. The second-order valence-corrected chi connectivity index (χ2v) is 24.0. The molecule has 0 radical (unpaired) electrons. The molecular formula is C70H136O5. The molecule has 0 rings (SSSR count). The number of hydrogen-bond donors (Lipinski definition) is 1. The molecule has 0 amide bonds. The van der Waals surface area contributed by atoms with Crippen LogP contribution >= 0.6 is 0 Å². The van der Waals surface area contributed by atoms with Crippen LogP contribution in [-0.4, -0.2) is 36.4 Å². The lowest BCUT2D eigenvalue weighted by Crippen LogP contribution is -2.28. The summed E-state index contributed by atoms with van der Waals surface area (Å²) >= 11 is 0. The average Bonchev–Trinajstić information content (AvgIpc) is 3.41. The number of carbonyl (C=O) groups is 2. The lowest BCUT2D eigenvalue weighted by atomic mass is 10.0. The number of hydrogen-bond acceptors (Lipinski definition) is 5. The predicted octanol–water partition coefficient (Wildman–Crippen LogP) is 23.8. The molecule has 0 fully saturated rings. The van der Waals surface area contributed by atoms with Gasteiger partial charge in [0, 0.05) is 12.8 Å². The summed E-state index contributed by atoms with van der Waals surface area (Å²) in [5.41, 5.74) is 0. The van der Waals surface area contributed by atoms with E-state index >= 15 is 0 Å². The van der Waals surface area contributed by atoms with Crippen molar-refractivity contribution in [3.8, 4) is 0 Å². The summed E-state index contributed by atoms with van der Waals surface area (Å²) in [6.07, 6.45) is 85.4. The van der Waals surface area contributed by atoms with Crippen molar-refractivity contribution in [1.82, 2.24) is 0 Å². The molecule has 5 nitrogen and oxygen atoms in total. The Labute approximate surface area is 471 Å². The van der Waals surface area contributed by atoms with Crippen molar-refractivity contribution < 1.29 is 24.2 Å². The van der Waals surface area contributed by atoms with E-state index in [1.54, 1.807) is 0 Å². The molecule has 1 atom stereocenters. The third-order valence-corrected chi connectivity index (χ3v) is 16.3. The van der Waals surface area contributed by atoms with Gasteiger partial charge < -0.3 is 14.6 Å². The van der Waals surface area contributed by atoms with Gasteiger partial charge in [0.25, 0.3) is 0 Å². The summed E-state index contributed by atoms with van der Waals surface area (Å²) in [5, 5.41) is 9.70. The van der Waals surface area contributed by atoms with Gasteiger partial charge in [0.2, 0.25) is 0 Å². The highest BCUT2D eigenvalue weighted by atomic mass is 16.6. The maximum atomic E-state index is 12.4. The van der Waals surface area contributed by atoms with Gasteiger partial charge in [0.1, 0.15) is 6.61 Å². The van der Waals surface area contributed by atoms with Crippen LogP contribution in [0.1, 0.15) is 406 Å². The Morgan fingerprint density at radius 2 is 0.493 bits per heavy atom. The Hall–Kier alpha value is -1.36. The predicted molar refractivity (Wildman–Crippen MR) is 330 cm³/mol. The molecule has 0 aliphatic carbocycles. The zero-order chi connectivity index (χ0) is 54.1. The topological polar surface area (TPSA) is 72.8 Å². The van der Waals surface area contributed by atoms with Crippen LogP contribution in [0.3, 0.4) is 0 Å². The minimum absolute atomic E-state index is 0.0564. The molecule has 0 aromatic rings. The Morgan fingerprint density at radius 3 is 0.720 bits per heavy atom. The molecular weight excluding hydrogens is 921 g/mol. The number of rotatable bonds is 66. The number of allylic oxidation sites excluding steroid dienone is 2. The van der Waals surface area contributed by atoms with Gasteiger partial charge in [-0.1, -0.05) is 366 Å². The SMILES string of the molecule is CCCCCCCCCC/C=C\CCCCCCCCCCCCCCCCCCCCCCCCCC(=O)OC(CO)COC(=O)CCCCCCCCCCCCCCCCCCCCCCCCCCCC. The van der Waals surface area contributed by atoms with Crippen molar-refractivity contribution in [2.75, 3.05) is 13.2 Å². The van der Waals surface area contributed by atoms with Gasteiger partial charge in [-0.3, -0.25) is 9.59 Å². The number of carbonyl (C=O) groups excluding carboxylic acids is 2. The van der Waals surface area contributed by atoms with Crippen LogP contribution in [0.25, 0.3) is 0 Å². The molecule has 1 unspecified atom stereocenters. The molecule has 0 aromatic carbocycles. The fourth-order valence-corrected chi connectivity index (χ4v) is 11.1. The summed E-state index contributed by atoms with van der Waals surface area (Å²) < 4.78 is 10.8. The molecule has 446 valence electrons. The van der Waals surface area contributed by atoms with Crippen LogP contribution in [0.5, 0.6) is 0 Å². The first-order valence-corrected chi connectivity index (χ1v) is 34.7. The highest BCUT2D eigenvalue weighted by Gasteiger charge is 2.16. The third kappa shape index (κ3) is 65.1. The maximum Gasteiger partial charge on any atom is 0.306 e. The largest absolute Gasteiger partial charge is 0.462 e. The summed E-state index contributed by atoms with van der Waals surface area (Å²) in [7, 11) is 0. The van der Waals surface area contributed by atoms with Gasteiger partial charge in [-0.2, -0.15) is 0 Å². The van der Waals surface area contributed by atoms with Crippen LogP contribution in [0.2, 0.25) is 0 Å². The van der Waals surface area contributed by atoms with Crippen LogP contribution in [0.15, 0.2) is 12.2 Å². The van der Waals surface area contributed by atoms with E-state index in [9.17, 15) is 14.7 Å². The molecule has 0 aromatic heterocycles. The molecule has 75 heavy (non-hydrogen) atoms. The van der Waals surface area contributed by atoms with Gasteiger partial charge in [0.05, 0.1) is 6.61 Å². The quantitative estimate of drug-likeness (QED) is 0.0373. The number of ether oxygens (including phenoxy) is 2. The first-order chi connectivity index (χ1) is 37.1. The second-order valence-electron chi connectivity index (χ2n) is 24.0. The van der Waals surface area contributed by atoms with Crippen molar-refractivity contribution in [3.63, 3.8) is 0 Å². The van der Waals surface area contributed by atoms with Crippen LogP contribution in [0.4, 0.5) is 0 Å². The second kappa shape index (κ2) is 66.9. The highest BCUT2D eigenvalue weighted by Crippen LogP contribution is 2.19. The van der Waals surface area contributed by atoms with E-state index in [1.165, 1.54) is 347 Å². The number of esters is 2. The van der Waals surface area contributed by atoms with Gasteiger partial charge in [-0.15, -0.1) is 0 Å². The van der Waals surface area contributed by atoms with Crippen LogP contribution < -0.4 is 0 Å². The van der Waals surface area contributed by atoms with E-state index in [4.69, 9.17) is 9.47 Å². The van der Waals surface area contributed by atoms with E-state index < -0.39 is 6.10 Å². The number of unbranched alkanes of at least 4 members (excludes halogenated alkanes) is 56. The van der Waals surface area contributed by atoms with Crippen molar-refractivity contribution in [2.24, 2.45) is 0 Å². The molecule has 0 heterocycles. The monoisotopic (exact) mass is 1060 g/mol. The van der Waals surface area contributed by atoms with Gasteiger partial charge >= 0.3 is 11.9 Å². The molecule has 0 spiro atoms. The first kappa shape index (κ1) is 73.6. The van der Waals surface area contributed by atoms with E-state index in [1.807, 2.05) is 0 Å². The molecule has 0 saturated carbocycles. The Balaban J connectivity index is 3.36. The lowest BCUT2D eigenvalue weighted by Gasteiger charge is -2.15. The van der Waals surface area contributed by atoms with Crippen molar-refractivity contribution in [2.45, 2.75) is 412 Å². The molecule has 0 aliphatic heterocycles. The average molecular weight is 1060 g/mol. The van der Waals surface area contributed by atoms with E-state index in [0.717, 1.165) is 32.1 Å². The van der Waals surface area contributed by atoms with Crippen molar-refractivity contribution in [3.05, 3.63) is 12.2 Å². The molecule has 0 bridgehead atoms. The Bertz CT molecular complexity index is 1100. The van der Waals surface area contributed by atoms with Gasteiger partial charge in [-0.25, -0.2) is 0 Å². The zero-order valence-electron chi connectivity index (χ0n) is 51.4. The lowest BCUT2D eigenvalue weighted by molar-refractivity contribution is -0.161. The summed E-state index contributed by atoms with van der Waals surface area (Å²) in [6.45, 7) is 4.22. The fraction of sp³-hybridized carbons (Fsp3) is 0.943. The fourth-order valence-electron chi connectivity index (χ4n) is 11.1. The minimum Gasteiger partial charge on any atom is -0.462 e. The summed E-state index contributed by atoms with van der Waals surface area (Å²) in [6, 6.07) is 0. The molecule has 0 saturated heterocycles. The van der Waals surface area contributed by atoms with Gasteiger partial charge in [-0.05, 0) is 38.5 Å². The highest BCUT2D eigenvalue weighted by molar-refractivity contribution is 5.70. The third-order valence-electron chi connectivity index (χ3n) is 16.3. The van der Waals surface area contributed by atoms with Crippen LogP contribution in [0, 0.1) is 0 Å². The van der Waals surface area contributed by atoms with Crippen molar-refractivity contribution in [1.29, 1.82) is 0 Å². The minimum atomic E-state index is -0.767. The molecule has 5 heteroatoms. The zero-order valence-corrected chi connectivity index (χ0v) is 51.4. The van der Waals surface area contributed by atoms with E-state index in [2.05, 4.69) is 26.0 Å². The maximum absolute atomic E-state index is 12.4. The first-order valence-electron chi connectivity index (χ1n) is 34.7. The van der Waals surface area contributed by atoms with E-state index in [0.29, 0.717) is 12.8 Å². The molecule has 0 aliphatic rings. The normalized spacial score (nSPS) is 12.1. The van der Waals surface area contributed by atoms with Crippen LogP contribution in [-0.2, 0) is 19.1 Å². The Morgan fingerprint density at radius 1 is 0.293 bits per heavy atom. The number of aliphatic hydroxyl groups is 1. The number of aliphatic hydroxyl groups excluding tert-OH is 1. The summed E-state index contributed by atoms with van der Waals surface area (Å²) in [4.78, 5) is 24.6. The summed E-state index contributed by atoms with van der Waals surface area (Å²) in [5.74, 6) is -0.561. The van der Waals surface area contributed by atoms with E-state index in [-0.39, 0.29) is 25.2 Å². The van der Waals surface area contributed by atoms with Crippen molar-refractivity contribution >= 4 is 11.9 Å².